The van der Waals surface area contributed by atoms with Crippen molar-refractivity contribution < 1.29 is 13.9 Å². The molecule has 5 nitrogen and oxygen atoms in total. The van der Waals surface area contributed by atoms with Gasteiger partial charge in [-0.05, 0) is 43.7 Å². The highest BCUT2D eigenvalue weighted by Crippen LogP contribution is 2.21. The Bertz CT molecular complexity index is 894. The highest BCUT2D eigenvalue weighted by Gasteiger charge is 2.19. The lowest BCUT2D eigenvalue weighted by Crippen LogP contribution is -2.35. The molecule has 26 heavy (non-hydrogen) atoms. The third-order valence-electron chi connectivity index (χ3n) is 3.97. The van der Waals surface area contributed by atoms with Gasteiger partial charge in [-0.1, -0.05) is 23.8 Å². The van der Waals surface area contributed by atoms with Gasteiger partial charge in [-0.3, -0.25) is 4.79 Å². The Hall–Kier alpha value is -3.15. The summed E-state index contributed by atoms with van der Waals surface area (Å²) < 4.78 is 19.3. The molecule has 0 aliphatic heterocycles. The second-order valence-corrected chi connectivity index (χ2v) is 6.05. The van der Waals surface area contributed by atoms with Crippen LogP contribution in [0.1, 0.15) is 17.0 Å². The summed E-state index contributed by atoms with van der Waals surface area (Å²) in [6.45, 7) is 3.98. The third kappa shape index (κ3) is 4.27. The Morgan fingerprint density at radius 3 is 2.77 bits per heavy atom. The summed E-state index contributed by atoms with van der Waals surface area (Å²) in [6, 6.07) is 11.7. The monoisotopic (exact) mass is 353 g/mol. The largest absolute Gasteiger partial charge is 0.483 e. The van der Waals surface area contributed by atoms with Crippen molar-refractivity contribution in [3.63, 3.8) is 0 Å². The highest BCUT2D eigenvalue weighted by atomic mass is 19.1. The van der Waals surface area contributed by atoms with Crippen LogP contribution in [0.2, 0.25) is 0 Å². The number of nitrogens with zero attached hydrogens (tertiary/aromatic N) is 2. The molecular weight excluding hydrogens is 333 g/mol. The second-order valence-electron chi connectivity index (χ2n) is 6.05. The number of hydrogen-bond donors (Lipinski definition) is 1. The Morgan fingerprint density at radius 1 is 1.23 bits per heavy atom. The Balaban J connectivity index is 1.78. The van der Waals surface area contributed by atoms with Crippen molar-refractivity contribution in [2.45, 2.75) is 20.4 Å². The molecule has 0 atom stereocenters. The molecule has 0 fully saturated rings. The number of amides is 1. The van der Waals surface area contributed by atoms with Gasteiger partial charge in [0.25, 0.3) is 5.91 Å². The molecule has 1 amide bonds. The molecule has 0 saturated carbocycles. The van der Waals surface area contributed by atoms with E-state index in [1.807, 2.05) is 32.0 Å². The van der Waals surface area contributed by atoms with Crippen LogP contribution >= 0.6 is 0 Å². The van der Waals surface area contributed by atoms with Gasteiger partial charge in [0, 0.05) is 18.1 Å². The van der Waals surface area contributed by atoms with Crippen molar-refractivity contribution >= 4 is 11.6 Å². The van der Waals surface area contributed by atoms with Crippen LogP contribution < -0.4 is 9.64 Å². The number of aromatic nitrogens is 2. The molecule has 0 spiro atoms. The molecule has 0 saturated heterocycles. The van der Waals surface area contributed by atoms with Crippen molar-refractivity contribution in [3.8, 4) is 5.75 Å². The molecule has 1 aromatic heterocycles. The van der Waals surface area contributed by atoms with E-state index in [1.54, 1.807) is 24.5 Å². The lowest BCUT2D eigenvalue weighted by Gasteiger charge is -2.22. The Labute approximate surface area is 151 Å². The van der Waals surface area contributed by atoms with Gasteiger partial charge in [0.15, 0.2) is 6.61 Å². The van der Waals surface area contributed by atoms with Gasteiger partial charge in [-0.15, -0.1) is 0 Å². The summed E-state index contributed by atoms with van der Waals surface area (Å²) in [4.78, 5) is 21.3. The van der Waals surface area contributed by atoms with Gasteiger partial charge in [0.2, 0.25) is 0 Å². The number of benzene rings is 2. The normalized spacial score (nSPS) is 10.6. The molecule has 2 aromatic carbocycles. The minimum Gasteiger partial charge on any atom is -0.483 e. The van der Waals surface area contributed by atoms with Crippen LogP contribution in [0.5, 0.6) is 5.75 Å². The van der Waals surface area contributed by atoms with Gasteiger partial charge >= 0.3 is 0 Å². The van der Waals surface area contributed by atoms with E-state index in [4.69, 9.17) is 4.74 Å². The number of halogens is 1. The van der Waals surface area contributed by atoms with Crippen molar-refractivity contribution in [3.05, 3.63) is 77.6 Å². The number of carbonyl (C=O) groups excluding carboxylic acids is 1. The van der Waals surface area contributed by atoms with E-state index in [9.17, 15) is 9.18 Å². The first-order chi connectivity index (χ1) is 12.5. The van der Waals surface area contributed by atoms with Gasteiger partial charge < -0.3 is 14.6 Å². The van der Waals surface area contributed by atoms with E-state index in [-0.39, 0.29) is 19.1 Å². The van der Waals surface area contributed by atoms with E-state index in [0.717, 1.165) is 11.1 Å². The van der Waals surface area contributed by atoms with Crippen molar-refractivity contribution in [2.24, 2.45) is 0 Å². The van der Waals surface area contributed by atoms with E-state index in [0.29, 0.717) is 17.3 Å². The van der Waals surface area contributed by atoms with Gasteiger partial charge in [-0.25, -0.2) is 9.37 Å². The fourth-order valence-corrected chi connectivity index (χ4v) is 2.68. The van der Waals surface area contributed by atoms with Crippen molar-refractivity contribution in [2.75, 3.05) is 11.5 Å². The number of H-pyrrole nitrogens is 1. The molecule has 0 unspecified atom stereocenters. The molecule has 3 aromatic rings. The molecule has 6 heteroatoms. The van der Waals surface area contributed by atoms with E-state index < -0.39 is 5.82 Å². The fourth-order valence-electron chi connectivity index (χ4n) is 2.68. The van der Waals surface area contributed by atoms with Gasteiger partial charge in [0.05, 0.1) is 6.54 Å². The molecular formula is C20H20FN3O2. The SMILES string of the molecule is Cc1ccc(OCC(=O)N(Cc2ncc[nH]2)c2cccc(F)c2)c(C)c1. The molecule has 0 bridgehead atoms. The molecule has 1 heterocycles. The van der Waals surface area contributed by atoms with Gasteiger partial charge in [0.1, 0.15) is 17.4 Å². The maximum absolute atomic E-state index is 13.6. The van der Waals surface area contributed by atoms with Crippen LogP contribution in [-0.4, -0.2) is 22.5 Å². The van der Waals surface area contributed by atoms with E-state index in [1.165, 1.54) is 17.0 Å². The van der Waals surface area contributed by atoms with Crippen molar-refractivity contribution in [1.29, 1.82) is 0 Å². The average molecular weight is 353 g/mol. The number of rotatable bonds is 6. The number of anilines is 1. The lowest BCUT2D eigenvalue weighted by atomic mass is 10.1. The number of hydrogen-bond acceptors (Lipinski definition) is 3. The van der Waals surface area contributed by atoms with Crippen molar-refractivity contribution in [1.82, 2.24) is 9.97 Å². The summed E-state index contributed by atoms with van der Waals surface area (Å²) in [5, 5.41) is 0. The number of nitrogens with one attached hydrogen (secondary N) is 1. The predicted molar refractivity (Wildman–Crippen MR) is 97.6 cm³/mol. The lowest BCUT2D eigenvalue weighted by molar-refractivity contribution is -0.120. The smallest absolute Gasteiger partial charge is 0.265 e. The molecule has 3 rings (SSSR count). The molecule has 1 N–H and O–H groups in total. The summed E-state index contributed by atoms with van der Waals surface area (Å²) in [5.41, 5.74) is 2.54. The van der Waals surface area contributed by atoms with Crippen LogP contribution in [0.3, 0.4) is 0 Å². The Morgan fingerprint density at radius 2 is 2.08 bits per heavy atom. The zero-order chi connectivity index (χ0) is 18.5. The van der Waals surface area contributed by atoms with Crippen LogP contribution in [0, 0.1) is 19.7 Å². The Kier molecular flexibility index (Phi) is 5.31. The fraction of sp³-hybridized carbons (Fsp3) is 0.200. The zero-order valence-electron chi connectivity index (χ0n) is 14.7. The number of aryl methyl sites for hydroxylation is 2. The number of ether oxygens (including phenoxy) is 1. The predicted octanol–water partition coefficient (Wildman–Crippen LogP) is 3.78. The number of imidazole rings is 1. The molecule has 0 aliphatic rings. The van der Waals surface area contributed by atoms with E-state index in [2.05, 4.69) is 9.97 Å². The first kappa shape index (κ1) is 17.7. The standard InChI is InChI=1S/C20H20FN3O2/c1-14-6-7-18(15(2)10-14)26-13-20(25)24(12-19-22-8-9-23-19)17-5-3-4-16(21)11-17/h3-11H,12-13H2,1-2H3,(H,22,23). The highest BCUT2D eigenvalue weighted by molar-refractivity contribution is 5.94. The minimum absolute atomic E-state index is 0.152. The zero-order valence-corrected chi connectivity index (χ0v) is 14.7. The van der Waals surface area contributed by atoms with Crippen LogP contribution in [0.15, 0.2) is 54.9 Å². The quantitative estimate of drug-likeness (QED) is 0.734. The first-order valence-electron chi connectivity index (χ1n) is 8.27. The van der Waals surface area contributed by atoms with Crippen LogP contribution in [-0.2, 0) is 11.3 Å². The molecule has 0 aliphatic carbocycles. The topological polar surface area (TPSA) is 58.2 Å². The minimum atomic E-state index is -0.407. The average Bonchev–Trinajstić information content (AvgIpc) is 3.12. The summed E-state index contributed by atoms with van der Waals surface area (Å²) in [7, 11) is 0. The second kappa shape index (κ2) is 7.82. The van der Waals surface area contributed by atoms with Crippen LogP contribution in [0.25, 0.3) is 0 Å². The molecule has 0 radical (unpaired) electrons. The van der Waals surface area contributed by atoms with Crippen LogP contribution in [0.4, 0.5) is 10.1 Å². The summed E-state index contributed by atoms with van der Waals surface area (Å²) in [6.07, 6.45) is 3.28. The van der Waals surface area contributed by atoms with Gasteiger partial charge in [-0.2, -0.15) is 0 Å². The first-order valence-corrected chi connectivity index (χ1v) is 8.27. The van der Waals surface area contributed by atoms with E-state index >= 15 is 0 Å². The summed E-state index contributed by atoms with van der Waals surface area (Å²) in [5.74, 6) is 0.567. The maximum Gasteiger partial charge on any atom is 0.265 e. The number of aromatic amines is 1. The summed E-state index contributed by atoms with van der Waals surface area (Å²) >= 11 is 0. The maximum atomic E-state index is 13.6. The third-order valence-corrected chi connectivity index (χ3v) is 3.97. The number of carbonyl (C=O) groups is 1. The molecule has 134 valence electrons.